The molecule has 13 heteroatoms. The van der Waals surface area contributed by atoms with Crippen molar-refractivity contribution in [2.24, 2.45) is 5.92 Å². The van der Waals surface area contributed by atoms with E-state index in [1.165, 1.54) is 0 Å². The monoisotopic (exact) mass is 472 g/mol. The molecule has 2 heterocycles. The molecule has 3 rings (SSSR count). The fourth-order valence-corrected chi connectivity index (χ4v) is 3.17. The molecule has 2 atom stereocenters. The first-order valence-electron chi connectivity index (χ1n) is 10.4. The molecule has 180 valence electrons. The van der Waals surface area contributed by atoms with Crippen LogP contribution in [0, 0.1) is 5.92 Å². The predicted octanol–water partition coefficient (Wildman–Crippen LogP) is 2.05. The number of imide groups is 1. The molecule has 2 unspecified atom stereocenters. The van der Waals surface area contributed by atoms with E-state index in [2.05, 4.69) is 30.5 Å². The van der Waals surface area contributed by atoms with Crippen molar-refractivity contribution in [3.05, 3.63) is 35.7 Å². The second-order valence-corrected chi connectivity index (χ2v) is 8.62. The molecule has 2 aromatic rings. The number of carbonyl (C=O) groups is 4. The Bertz CT molecular complexity index is 1080. The van der Waals surface area contributed by atoms with E-state index < -0.39 is 41.5 Å². The van der Waals surface area contributed by atoms with Crippen molar-refractivity contribution in [2.75, 3.05) is 0 Å². The standard InChI is InChI=1S/C21H24N6O7/c1-11(14-9-15(28)27(18(14)29)34-20(31)32)16-23-25-17(26-24-16)13-7-5-12(6-8-13)10-22-19(30)33-21(2,3)4/h5-8,11,14H,9-10H2,1-4H3,(H,22,30)(H,31,32). The molecule has 3 amide bonds. The Labute approximate surface area is 194 Å². The van der Waals surface area contributed by atoms with Crippen molar-refractivity contribution < 1.29 is 33.9 Å². The number of rotatable bonds is 6. The first kappa shape index (κ1) is 24.5. The molecule has 1 aromatic heterocycles. The summed E-state index contributed by atoms with van der Waals surface area (Å²) in [7, 11) is 0. The van der Waals surface area contributed by atoms with E-state index in [1.54, 1.807) is 52.0 Å². The van der Waals surface area contributed by atoms with Crippen molar-refractivity contribution in [3.8, 4) is 11.4 Å². The van der Waals surface area contributed by atoms with Gasteiger partial charge in [-0.25, -0.2) is 9.59 Å². The Morgan fingerprint density at radius 3 is 2.32 bits per heavy atom. The summed E-state index contributed by atoms with van der Waals surface area (Å²) < 4.78 is 5.19. The van der Waals surface area contributed by atoms with Crippen molar-refractivity contribution in [3.63, 3.8) is 0 Å². The largest absolute Gasteiger partial charge is 0.531 e. The van der Waals surface area contributed by atoms with Gasteiger partial charge in [-0.3, -0.25) is 14.4 Å². The van der Waals surface area contributed by atoms with Crippen LogP contribution in [-0.2, 0) is 25.7 Å². The van der Waals surface area contributed by atoms with Gasteiger partial charge in [0.25, 0.3) is 11.8 Å². The summed E-state index contributed by atoms with van der Waals surface area (Å²) in [4.78, 5) is 50.9. The lowest BCUT2D eigenvalue weighted by atomic mass is 9.92. The number of aromatic nitrogens is 4. The highest BCUT2D eigenvalue weighted by Gasteiger charge is 2.45. The van der Waals surface area contributed by atoms with Crippen LogP contribution in [0.3, 0.4) is 0 Å². The Morgan fingerprint density at radius 2 is 1.76 bits per heavy atom. The molecule has 1 saturated heterocycles. The highest BCUT2D eigenvalue weighted by molar-refractivity contribution is 6.03. The average Bonchev–Trinajstić information content (AvgIpc) is 3.04. The fraction of sp³-hybridized carbons (Fsp3) is 0.429. The van der Waals surface area contributed by atoms with Gasteiger partial charge in [-0.1, -0.05) is 36.3 Å². The summed E-state index contributed by atoms with van der Waals surface area (Å²) in [5, 5.41) is 27.7. The summed E-state index contributed by atoms with van der Waals surface area (Å²) in [6.07, 6.45) is -2.51. The SMILES string of the molecule is CC(c1nnc(-c2ccc(CNC(=O)OC(C)(C)C)cc2)nn1)C1CC(=O)N(OC(=O)O)C1=O. The van der Waals surface area contributed by atoms with E-state index >= 15 is 0 Å². The average molecular weight is 472 g/mol. The van der Waals surface area contributed by atoms with E-state index in [0.717, 1.165) is 5.56 Å². The van der Waals surface area contributed by atoms with Crippen LogP contribution in [-0.4, -0.2) is 60.2 Å². The number of nitrogens with one attached hydrogen (secondary N) is 1. The van der Waals surface area contributed by atoms with Gasteiger partial charge in [0.05, 0.1) is 5.92 Å². The Balaban J connectivity index is 1.62. The van der Waals surface area contributed by atoms with Crippen molar-refractivity contribution in [1.82, 2.24) is 30.8 Å². The molecule has 0 spiro atoms. The van der Waals surface area contributed by atoms with Gasteiger partial charge in [0.1, 0.15) is 5.60 Å². The van der Waals surface area contributed by atoms with Gasteiger partial charge in [0.2, 0.25) is 5.82 Å². The molecule has 13 nitrogen and oxygen atoms in total. The Kier molecular flexibility index (Phi) is 7.03. The van der Waals surface area contributed by atoms with Crippen molar-refractivity contribution in [1.29, 1.82) is 0 Å². The number of carboxylic acid groups (broad SMARTS) is 1. The minimum Gasteiger partial charge on any atom is -0.448 e. The van der Waals surface area contributed by atoms with Gasteiger partial charge in [-0.2, -0.15) is 0 Å². The van der Waals surface area contributed by atoms with Crippen LogP contribution < -0.4 is 5.32 Å². The minimum absolute atomic E-state index is 0.130. The minimum atomic E-state index is -1.76. The number of hydroxylamine groups is 2. The van der Waals surface area contributed by atoms with Crippen LogP contribution in [0.5, 0.6) is 0 Å². The number of hydrogen-bond acceptors (Lipinski definition) is 10. The molecular weight excluding hydrogens is 448 g/mol. The molecule has 2 N–H and O–H groups in total. The molecule has 0 bridgehead atoms. The van der Waals surface area contributed by atoms with Gasteiger partial charge in [0, 0.05) is 24.4 Å². The molecule has 1 aromatic carbocycles. The van der Waals surface area contributed by atoms with Crippen LogP contribution >= 0.6 is 0 Å². The molecule has 0 aliphatic carbocycles. The van der Waals surface area contributed by atoms with E-state index in [1.807, 2.05) is 0 Å². The van der Waals surface area contributed by atoms with Crippen LogP contribution in [0.25, 0.3) is 11.4 Å². The maximum Gasteiger partial charge on any atom is 0.531 e. The highest BCUT2D eigenvalue weighted by Crippen LogP contribution is 2.32. The lowest BCUT2D eigenvalue weighted by molar-refractivity contribution is -0.176. The summed E-state index contributed by atoms with van der Waals surface area (Å²) in [6.45, 7) is 7.24. The maximum absolute atomic E-state index is 12.3. The quantitative estimate of drug-likeness (QED) is 0.589. The van der Waals surface area contributed by atoms with E-state index in [4.69, 9.17) is 9.84 Å². The summed E-state index contributed by atoms with van der Waals surface area (Å²) in [5.74, 6) is -2.71. The predicted molar refractivity (Wildman–Crippen MR) is 114 cm³/mol. The number of hydrogen-bond donors (Lipinski definition) is 2. The summed E-state index contributed by atoms with van der Waals surface area (Å²) >= 11 is 0. The van der Waals surface area contributed by atoms with E-state index in [9.17, 15) is 19.2 Å². The number of amides is 3. The molecular formula is C21H24N6O7. The lowest BCUT2D eigenvalue weighted by Gasteiger charge is -2.19. The van der Waals surface area contributed by atoms with Gasteiger partial charge < -0.3 is 15.2 Å². The smallest absolute Gasteiger partial charge is 0.448 e. The van der Waals surface area contributed by atoms with E-state index in [0.29, 0.717) is 5.56 Å². The molecule has 0 radical (unpaired) electrons. The normalized spacial score (nSPS) is 16.8. The number of alkyl carbamates (subject to hydrolysis) is 1. The van der Waals surface area contributed by atoms with Crippen molar-refractivity contribution >= 4 is 24.1 Å². The highest BCUT2D eigenvalue weighted by atomic mass is 16.8. The molecule has 1 aliphatic heterocycles. The number of carbonyl (C=O) groups excluding carboxylic acids is 3. The zero-order valence-corrected chi connectivity index (χ0v) is 19.0. The number of ether oxygens (including phenoxy) is 1. The van der Waals surface area contributed by atoms with E-state index in [-0.39, 0.29) is 29.7 Å². The molecule has 0 saturated carbocycles. The Hall–Kier alpha value is -4.16. The topological polar surface area (TPSA) is 174 Å². The van der Waals surface area contributed by atoms with Gasteiger partial charge >= 0.3 is 12.2 Å². The molecule has 34 heavy (non-hydrogen) atoms. The van der Waals surface area contributed by atoms with Crippen molar-refractivity contribution in [2.45, 2.75) is 52.2 Å². The van der Waals surface area contributed by atoms with Gasteiger partial charge in [0.15, 0.2) is 5.82 Å². The molecule has 1 aliphatic rings. The zero-order valence-electron chi connectivity index (χ0n) is 19.0. The first-order valence-corrected chi connectivity index (χ1v) is 10.4. The third-order valence-electron chi connectivity index (χ3n) is 4.86. The first-order chi connectivity index (χ1) is 15.9. The molecule has 1 fully saturated rings. The van der Waals surface area contributed by atoms with Gasteiger partial charge in [-0.05, 0) is 26.3 Å². The fourth-order valence-electron chi connectivity index (χ4n) is 3.17. The Morgan fingerprint density at radius 1 is 1.15 bits per heavy atom. The summed E-state index contributed by atoms with van der Waals surface area (Å²) in [5.41, 5.74) is 0.882. The van der Waals surface area contributed by atoms with Crippen LogP contribution in [0.1, 0.15) is 51.4 Å². The van der Waals surface area contributed by atoms with Crippen LogP contribution in [0.2, 0.25) is 0 Å². The maximum atomic E-state index is 12.3. The second-order valence-electron chi connectivity index (χ2n) is 8.62. The zero-order chi connectivity index (χ0) is 25.0. The number of benzene rings is 1. The number of nitrogens with zero attached hydrogens (tertiary/aromatic N) is 5. The second kappa shape index (κ2) is 9.77. The summed E-state index contributed by atoms with van der Waals surface area (Å²) in [6, 6.07) is 7.06. The van der Waals surface area contributed by atoms with Gasteiger partial charge in [-0.15, -0.1) is 20.4 Å². The van der Waals surface area contributed by atoms with Crippen LogP contribution in [0.15, 0.2) is 24.3 Å². The third kappa shape index (κ3) is 5.99. The van der Waals surface area contributed by atoms with Crippen LogP contribution in [0.4, 0.5) is 9.59 Å². The lowest BCUT2D eigenvalue weighted by Crippen LogP contribution is -2.33. The third-order valence-corrected chi connectivity index (χ3v) is 4.86.